The van der Waals surface area contributed by atoms with E-state index in [0.717, 1.165) is 12.8 Å². The van der Waals surface area contributed by atoms with Gasteiger partial charge in [-0.3, -0.25) is 4.55 Å². The Hall–Kier alpha value is -1.07. The van der Waals surface area contributed by atoms with Gasteiger partial charge in [-0.1, -0.05) is 26.2 Å². The van der Waals surface area contributed by atoms with Crippen LogP contribution in [0.4, 0.5) is 0 Å². The number of hydrogen-bond donors (Lipinski definition) is 1. The van der Waals surface area contributed by atoms with E-state index in [1.54, 1.807) is 19.1 Å². The zero-order valence-electron chi connectivity index (χ0n) is 10.8. The highest BCUT2D eigenvalue weighted by atomic mass is 32.2. The Morgan fingerprint density at radius 1 is 1.22 bits per heavy atom. The Balaban J connectivity index is 2.57. The first-order valence-corrected chi connectivity index (χ1v) is 7.60. The van der Waals surface area contributed by atoms with E-state index < -0.39 is 10.1 Å². The molecule has 0 spiro atoms. The highest BCUT2D eigenvalue weighted by Crippen LogP contribution is 2.21. The van der Waals surface area contributed by atoms with E-state index in [1.165, 1.54) is 18.9 Å². The molecule has 0 aliphatic carbocycles. The standard InChI is InChI=1S/C13H20O4S/c1-3-4-5-6-9-17-12-7-8-13(11(2)10-12)18(14,15)16/h7-8,10H,3-6,9H2,1-2H3,(H,14,15,16). The van der Waals surface area contributed by atoms with Gasteiger partial charge < -0.3 is 4.74 Å². The Morgan fingerprint density at radius 3 is 2.50 bits per heavy atom. The first-order valence-electron chi connectivity index (χ1n) is 6.16. The van der Waals surface area contributed by atoms with Crippen molar-refractivity contribution < 1.29 is 17.7 Å². The fraction of sp³-hybridized carbons (Fsp3) is 0.538. The third kappa shape index (κ3) is 4.66. The second kappa shape index (κ2) is 6.75. The van der Waals surface area contributed by atoms with Crippen LogP contribution in [0.3, 0.4) is 0 Å². The van der Waals surface area contributed by atoms with E-state index in [0.29, 0.717) is 17.9 Å². The Bertz CT molecular complexity index is 480. The maximum atomic E-state index is 11.0. The van der Waals surface area contributed by atoms with Crippen molar-refractivity contribution in [1.29, 1.82) is 0 Å². The number of hydrogen-bond acceptors (Lipinski definition) is 3. The van der Waals surface area contributed by atoms with Gasteiger partial charge in [-0.05, 0) is 37.1 Å². The molecule has 0 amide bonds. The molecular formula is C13H20O4S. The van der Waals surface area contributed by atoms with Gasteiger partial charge in [0.25, 0.3) is 10.1 Å². The van der Waals surface area contributed by atoms with Crippen LogP contribution in [0.5, 0.6) is 5.75 Å². The molecule has 0 fully saturated rings. The van der Waals surface area contributed by atoms with Crippen molar-refractivity contribution in [3.8, 4) is 5.75 Å². The molecular weight excluding hydrogens is 252 g/mol. The molecule has 0 unspecified atom stereocenters. The summed E-state index contributed by atoms with van der Waals surface area (Å²) in [6.45, 7) is 4.41. The molecule has 1 aromatic carbocycles. The van der Waals surface area contributed by atoms with Gasteiger partial charge in [0.1, 0.15) is 5.75 Å². The lowest BCUT2D eigenvalue weighted by Gasteiger charge is -2.08. The fourth-order valence-corrected chi connectivity index (χ4v) is 2.43. The maximum absolute atomic E-state index is 11.0. The summed E-state index contributed by atoms with van der Waals surface area (Å²) in [6, 6.07) is 4.56. The predicted molar refractivity (Wildman–Crippen MR) is 70.6 cm³/mol. The van der Waals surface area contributed by atoms with Crippen LogP contribution in [-0.4, -0.2) is 19.6 Å². The third-order valence-electron chi connectivity index (χ3n) is 2.69. The minimum Gasteiger partial charge on any atom is -0.494 e. The normalized spacial score (nSPS) is 11.5. The average molecular weight is 272 g/mol. The molecule has 0 aliphatic heterocycles. The molecule has 0 heterocycles. The lowest BCUT2D eigenvalue weighted by atomic mass is 10.2. The van der Waals surface area contributed by atoms with Crippen molar-refractivity contribution >= 4 is 10.1 Å². The van der Waals surface area contributed by atoms with Gasteiger partial charge in [0.15, 0.2) is 0 Å². The van der Waals surface area contributed by atoms with Gasteiger partial charge in [-0.15, -0.1) is 0 Å². The monoisotopic (exact) mass is 272 g/mol. The van der Waals surface area contributed by atoms with Crippen molar-refractivity contribution in [2.75, 3.05) is 6.61 Å². The summed E-state index contributed by atoms with van der Waals surface area (Å²) >= 11 is 0. The molecule has 5 heteroatoms. The quantitative estimate of drug-likeness (QED) is 0.611. The van der Waals surface area contributed by atoms with Crippen LogP contribution in [0.2, 0.25) is 0 Å². The third-order valence-corrected chi connectivity index (χ3v) is 3.70. The Morgan fingerprint density at radius 2 is 1.94 bits per heavy atom. The van der Waals surface area contributed by atoms with Crippen LogP contribution in [0.25, 0.3) is 0 Å². The van der Waals surface area contributed by atoms with E-state index in [-0.39, 0.29) is 4.90 Å². The molecule has 0 bridgehead atoms. The summed E-state index contributed by atoms with van der Waals surface area (Å²) in [5, 5.41) is 0. The molecule has 18 heavy (non-hydrogen) atoms. The van der Waals surface area contributed by atoms with E-state index in [2.05, 4.69) is 6.92 Å². The highest BCUT2D eigenvalue weighted by Gasteiger charge is 2.13. The fourth-order valence-electron chi connectivity index (χ4n) is 1.72. The van der Waals surface area contributed by atoms with Crippen molar-refractivity contribution in [3.63, 3.8) is 0 Å². The van der Waals surface area contributed by atoms with E-state index in [1.807, 2.05) is 0 Å². The van der Waals surface area contributed by atoms with Gasteiger partial charge >= 0.3 is 0 Å². The van der Waals surface area contributed by atoms with Gasteiger partial charge in [-0.25, -0.2) is 0 Å². The topological polar surface area (TPSA) is 63.6 Å². The van der Waals surface area contributed by atoms with E-state index in [4.69, 9.17) is 9.29 Å². The first kappa shape index (κ1) is 15.0. The number of ether oxygens (including phenoxy) is 1. The van der Waals surface area contributed by atoms with Crippen molar-refractivity contribution in [1.82, 2.24) is 0 Å². The van der Waals surface area contributed by atoms with Crippen LogP contribution < -0.4 is 4.74 Å². The Labute approximate surface area is 109 Å². The molecule has 4 nitrogen and oxygen atoms in total. The molecule has 0 aromatic heterocycles. The molecule has 0 radical (unpaired) electrons. The van der Waals surface area contributed by atoms with E-state index >= 15 is 0 Å². The number of rotatable bonds is 7. The number of unbranched alkanes of at least 4 members (excludes halogenated alkanes) is 3. The zero-order chi connectivity index (χ0) is 13.6. The summed E-state index contributed by atoms with van der Waals surface area (Å²) in [4.78, 5) is -0.0687. The van der Waals surface area contributed by atoms with Gasteiger partial charge in [0.2, 0.25) is 0 Å². The molecule has 1 aromatic rings. The number of benzene rings is 1. The molecule has 0 atom stereocenters. The van der Waals surface area contributed by atoms with Gasteiger partial charge in [0, 0.05) is 0 Å². The SMILES string of the molecule is CCCCCCOc1ccc(S(=O)(=O)O)c(C)c1. The van der Waals surface area contributed by atoms with Crippen molar-refractivity contribution in [3.05, 3.63) is 23.8 Å². The Kier molecular flexibility index (Phi) is 5.62. The minimum absolute atomic E-state index is 0.0687. The summed E-state index contributed by atoms with van der Waals surface area (Å²) < 4.78 is 36.5. The molecule has 0 saturated carbocycles. The summed E-state index contributed by atoms with van der Waals surface area (Å²) in [5.74, 6) is 0.636. The van der Waals surface area contributed by atoms with Crippen LogP contribution in [0.1, 0.15) is 38.2 Å². The summed E-state index contributed by atoms with van der Waals surface area (Å²) in [5.41, 5.74) is 0.489. The van der Waals surface area contributed by atoms with Crippen molar-refractivity contribution in [2.24, 2.45) is 0 Å². The summed E-state index contributed by atoms with van der Waals surface area (Å²) in [6.07, 6.45) is 4.51. The number of aryl methyl sites for hydroxylation is 1. The summed E-state index contributed by atoms with van der Waals surface area (Å²) in [7, 11) is -4.14. The minimum atomic E-state index is -4.14. The van der Waals surface area contributed by atoms with Gasteiger partial charge in [-0.2, -0.15) is 8.42 Å². The molecule has 0 aliphatic rings. The van der Waals surface area contributed by atoms with E-state index in [9.17, 15) is 8.42 Å². The van der Waals surface area contributed by atoms with Crippen LogP contribution in [0.15, 0.2) is 23.1 Å². The lowest BCUT2D eigenvalue weighted by molar-refractivity contribution is 0.304. The van der Waals surface area contributed by atoms with Gasteiger partial charge in [0.05, 0.1) is 11.5 Å². The largest absolute Gasteiger partial charge is 0.494 e. The average Bonchev–Trinajstić information content (AvgIpc) is 2.27. The predicted octanol–water partition coefficient (Wildman–Crippen LogP) is 3.20. The molecule has 1 rings (SSSR count). The second-order valence-electron chi connectivity index (χ2n) is 4.31. The first-order chi connectivity index (χ1) is 8.45. The second-order valence-corrected chi connectivity index (χ2v) is 5.70. The lowest BCUT2D eigenvalue weighted by Crippen LogP contribution is -2.02. The maximum Gasteiger partial charge on any atom is 0.294 e. The molecule has 0 saturated heterocycles. The highest BCUT2D eigenvalue weighted by molar-refractivity contribution is 7.85. The molecule has 102 valence electrons. The van der Waals surface area contributed by atoms with Crippen LogP contribution in [-0.2, 0) is 10.1 Å². The smallest absolute Gasteiger partial charge is 0.294 e. The van der Waals surface area contributed by atoms with Crippen LogP contribution in [0, 0.1) is 6.92 Å². The molecule has 1 N–H and O–H groups in total. The van der Waals surface area contributed by atoms with Crippen molar-refractivity contribution in [2.45, 2.75) is 44.4 Å². The zero-order valence-corrected chi connectivity index (χ0v) is 11.7. The van der Waals surface area contributed by atoms with Crippen LogP contribution >= 0.6 is 0 Å².